The number of fused-ring (bicyclic) bond motifs is 2. The fraction of sp³-hybridized carbons (Fsp3) is 0.429. The third-order valence-electron chi connectivity index (χ3n) is 5.53. The van der Waals surface area contributed by atoms with E-state index >= 15 is 0 Å². The summed E-state index contributed by atoms with van der Waals surface area (Å²) in [5, 5.41) is 16.3. The number of ether oxygens (including phenoxy) is 1. The molecule has 3 aliphatic rings. The minimum absolute atomic E-state index is 0.0849. The number of nitrogens with one attached hydrogen (secondary N) is 2. The Balaban J connectivity index is 1.53. The van der Waals surface area contributed by atoms with Gasteiger partial charge in [-0.1, -0.05) is 13.0 Å². The van der Waals surface area contributed by atoms with Crippen LogP contribution < -0.4 is 10.6 Å². The van der Waals surface area contributed by atoms with Crippen molar-refractivity contribution in [1.82, 2.24) is 20.4 Å². The van der Waals surface area contributed by atoms with E-state index in [9.17, 15) is 23.5 Å². The smallest absolute Gasteiger partial charge is 0.275 e. The van der Waals surface area contributed by atoms with E-state index < -0.39 is 17.5 Å². The lowest BCUT2D eigenvalue weighted by atomic mass is 10.0. The molecule has 2 atom stereocenters. The number of piperazine rings is 1. The Morgan fingerprint density at radius 3 is 2.90 bits per heavy atom. The van der Waals surface area contributed by atoms with E-state index in [1.54, 1.807) is 9.80 Å². The second kappa shape index (κ2) is 8.64. The van der Waals surface area contributed by atoms with Gasteiger partial charge in [-0.05, 0) is 12.0 Å². The Morgan fingerprint density at radius 2 is 2.13 bits per heavy atom. The topological polar surface area (TPSA) is 94.1 Å². The van der Waals surface area contributed by atoms with Gasteiger partial charge in [0.1, 0.15) is 35.9 Å². The van der Waals surface area contributed by atoms with Crippen molar-refractivity contribution in [2.75, 3.05) is 32.8 Å². The average Bonchev–Trinajstić information content (AvgIpc) is 2.71. The maximum absolute atomic E-state index is 13.8. The molecule has 0 aromatic heterocycles. The SMILES string of the molecule is C[C@H]1CNC2CN3/C=C(/C(=O)NCc4ccc(F)cc4F)COCC(O)=C3C(=O)N2C1. The minimum atomic E-state index is -0.752. The Bertz CT molecular complexity index is 965. The molecule has 3 heterocycles. The van der Waals surface area contributed by atoms with Gasteiger partial charge >= 0.3 is 0 Å². The second-order valence-electron chi connectivity index (χ2n) is 8.00. The summed E-state index contributed by atoms with van der Waals surface area (Å²) in [6, 6.07) is 3.13. The van der Waals surface area contributed by atoms with Crippen molar-refractivity contribution in [2.24, 2.45) is 5.92 Å². The van der Waals surface area contributed by atoms with Gasteiger partial charge in [0.2, 0.25) is 0 Å². The van der Waals surface area contributed by atoms with Gasteiger partial charge in [-0.3, -0.25) is 14.9 Å². The summed E-state index contributed by atoms with van der Waals surface area (Å²) in [6.45, 7) is 3.28. The number of halogens is 2. The van der Waals surface area contributed by atoms with Crippen LogP contribution in [0, 0.1) is 17.6 Å². The molecule has 2 amide bonds. The summed E-state index contributed by atoms with van der Waals surface area (Å²) in [4.78, 5) is 29.0. The maximum Gasteiger partial charge on any atom is 0.275 e. The monoisotopic (exact) mass is 434 g/mol. The highest BCUT2D eigenvalue weighted by molar-refractivity contribution is 5.96. The van der Waals surface area contributed by atoms with Gasteiger partial charge in [-0.2, -0.15) is 0 Å². The quantitative estimate of drug-likeness (QED) is 0.657. The standard InChI is InChI=1S/C21H24F2N4O4/c1-12-5-24-18-9-26-8-14(10-31-11-17(28)19(26)21(30)27(18)7-12)20(29)25-6-13-2-3-15(22)4-16(13)23/h2-4,8,12,18,24,28H,5-7,9-11H2,1H3,(H,25,29)/b14-8+,19-17?/t12-,18?/m0/s1. The molecule has 2 saturated heterocycles. The summed E-state index contributed by atoms with van der Waals surface area (Å²) in [7, 11) is 0. The number of hydrogen-bond acceptors (Lipinski definition) is 6. The highest BCUT2D eigenvalue weighted by atomic mass is 19.1. The van der Waals surface area contributed by atoms with Crippen LogP contribution in [0.15, 0.2) is 41.4 Å². The highest BCUT2D eigenvalue weighted by Crippen LogP contribution is 2.26. The lowest BCUT2D eigenvalue weighted by Crippen LogP contribution is -2.64. The largest absolute Gasteiger partial charge is 0.507 e. The van der Waals surface area contributed by atoms with E-state index in [0.717, 1.165) is 18.7 Å². The van der Waals surface area contributed by atoms with Crippen LogP contribution >= 0.6 is 0 Å². The van der Waals surface area contributed by atoms with Crippen LogP contribution in [0.1, 0.15) is 12.5 Å². The predicted molar refractivity (Wildman–Crippen MR) is 106 cm³/mol. The number of aliphatic hydroxyl groups excluding tert-OH is 1. The Hall–Kier alpha value is -2.98. The normalized spacial score (nSPS) is 25.8. The molecule has 0 bridgehead atoms. The lowest BCUT2D eigenvalue weighted by Gasteiger charge is -2.47. The third-order valence-corrected chi connectivity index (χ3v) is 5.53. The zero-order valence-corrected chi connectivity index (χ0v) is 17.0. The molecule has 4 rings (SSSR count). The number of nitrogens with zero attached hydrogens (tertiary/aromatic N) is 2. The fourth-order valence-electron chi connectivity index (χ4n) is 3.94. The zero-order chi connectivity index (χ0) is 22.1. The molecule has 1 aromatic rings. The first kappa shape index (κ1) is 21.3. The van der Waals surface area contributed by atoms with Crippen molar-refractivity contribution in [1.29, 1.82) is 0 Å². The number of hydrogen-bond donors (Lipinski definition) is 3. The summed E-state index contributed by atoms with van der Waals surface area (Å²) in [6.07, 6.45) is 1.24. The first-order chi connectivity index (χ1) is 14.8. The molecule has 0 radical (unpaired) electrons. The van der Waals surface area contributed by atoms with Gasteiger partial charge in [-0.15, -0.1) is 0 Å². The van der Waals surface area contributed by atoms with Crippen LogP contribution in [-0.2, 0) is 20.9 Å². The molecule has 0 spiro atoms. The van der Waals surface area contributed by atoms with E-state index in [1.807, 2.05) is 6.92 Å². The molecular weight excluding hydrogens is 410 g/mol. The minimum Gasteiger partial charge on any atom is -0.507 e. The Morgan fingerprint density at radius 1 is 1.32 bits per heavy atom. The fourth-order valence-corrected chi connectivity index (χ4v) is 3.94. The molecule has 10 heteroatoms. The van der Waals surface area contributed by atoms with Crippen molar-refractivity contribution in [2.45, 2.75) is 19.6 Å². The van der Waals surface area contributed by atoms with Gasteiger partial charge in [0.15, 0.2) is 0 Å². The Labute approximate surface area is 178 Å². The van der Waals surface area contributed by atoms with Crippen molar-refractivity contribution >= 4 is 11.8 Å². The highest BCUT2D eigenvalue weighted by Gasteiger charge is 2.41. The number of rotatable bonds is 3. The van der Waals surface area contributed by atoms with E-state index in [4.69, 9.17) is 4.74 Å². The summed E-state index contributed by atoms with van der Waals surface area (Å²) in [5.41, 5.74) is 0.448. The van der Waals surface area contributed by atoms with E-state index in [0.29, 0.717) is 13.1 Å². The molecule has 3 N–H and O–H groups in total. The lowest BCUT2D eigenvalue weighted by molar-refractivity contribution is -0.138. The van der Waals surface area contributed by atoms with Crippen LogP contribution in [0.3, 0.4) is 0 Å². The van der Waals surface area contributed by atoms with Crippen molar-refractivity contribution in [3.05, 3.63) is 58.6 Å². The molecule has 8 nitrogen and oxygen atoms in total. The van der Waals surface area contributed by atoms with Gasteiger partial charge in [0, 0.05) is 37.5 Å². The molecular formula is C21H24F2N4O4. The zero-order valence-electron chi connectivity index (χ0n) is 17.0. The molecule has 1 unspecified atom stereocenters. The van der Waals surface area contributed by atoms with Gasteiger partial charge in [-0.25, -0.2) is 8.78 Å². The summed E-state index contributed by atoms with van der Waals surface area (Å²) >= 11 is 0. The van der Waals surface area contributed by atoms with Gasteiger partial charge < -0.3 is 25.0 Å². The maximum atomic E-state index is 13.8. The van der Waals surface area contributed by atoms with Crippen LogP contribution in [0.2, 0.25) is 0 Å². The number of carbonyl (C=O) groups is 2. The van der Waals surface area contributed by atoms with Crippen LogP contribution in [0.5, 0.6) is 0 Å². The van der Waals surface area contributed by atoms with Gasteiger partial charge in [0.05, 0.1) is 18.7 Å². The molecule has 0 saturated carbocycles. The molecule has 31 heavy (non-hydrogen) atoms. The van der Waals surface area contributed by atoms with Crippen molar-refractivity contribution in [3.8, 4) is 0 Å². The summed E-state index contributed by atoms with van der Waals surface area (Å²) < 4.78 is 32.3. The van der Waals surface area contributed by atoms with E-state index in [1.165, 1.54) is 12.3 Å². The second-order valence-corrected chi connectivity index (χ2v) is 8.00. The average molecular weight is 434 g/mol. The van der Waals surface area contributed by atoms with Crippen LogP contribution in [0.4, 0.5) is 8.78 Å². The molecule has 2 fully saturated rings. The molecule has 3 aliphatic heterocycles. The number of carbonyl (C=O) groups excluding carboxylic acids is 2. The van der Waals surface area contributed by atoms with Crippen molar-refractivity contribution in [3.63, 3.8) is 0 Å². The number of aliphatic hydroxyl groups is 1. The first-order valence-corrected chi connectivity index (χ1v) is 10.1. The summed E-state index contributed by atoms with van der Waals surface area (Å²) in [5.74, 6) is -2.20. The first-order valence-electron chi connectivity index (χ1n) is 10.1. The van der Waals surface area contributed by atoms with Gasteiger partial charge in [0.25, 0.3) is 11.8 Å². The molecule has 166 valence electrons. The van der Waals surface area contributed by atoms with Crippen LogP contribution in [0.25, 0.3) is 0 Å². The predicted octanol–water partition coefficient (Wildman–Crippen LogP) is 0.974. The van der Waals surface area contributed by atoms with Crippen LogP contribution in [-0.4, -0.2) is 65.7 Å². The van der Waals surface area contributed by atoms with Crippen molar-refractivity contribution < 1.29 is 28.2 Å². The number of amides is 2. The molecule has 1 aromatic carbocycles. The van der Waals surface area contributed by atoms with E-state index in [-0.39, 0.29) is 60.3 Å². The third kappa shape index (κ3) is 4.40. The molecule has 0 aliphatic carbocycles. The van der Waals surface area contributed by atoms with E-state index in [2.05, 4.69) is 10.6 Å². The Kier molecular flexibility index (Phi) is 5.92. The number of benzene rings is 1.